The number of nitrogens with one attached hydrogen (secondary N) is 2. The first-order valence-electron chi connectivity index (χ1n) is 9.48. The van der Waals surface area contributed by atoms with Crippen LogP contribution in [0, 0.1) is 0 Å². The van der Waals surface area contributed by atoms with Crippen molar-refractivity contribution in [2.75, 3.05) is 25.9 Å². The van der Waals surface area contributed by atoms with E-state index in [1.807, 2.05) is 47.8 Å². The summed E-state index contributed by atoms with van der Waals surface area (Å²) in [6, 6.07) is 13.9. The SMILES string of the molecule is CS(=O)(=O)NC1CCN(CCC(=O)N[C@@H](c2ccccc2)c2cccs2)CC1. The zero-order valence-electron chi connectivity index (χ0n) is 16.0. The Morgan fingerprint density at radius 1 is 1.18 bits per heavy atom. The van der Waals surface area contributed by atoms with E-state index in [1.54, 1.807) is 11.3 Å². The van der Waals surface area contributed by atoms with Crippen LogP contribution in [0.5, 0.6) is 0 Å². The minimum atomic E-state index is -3.16. The highest BCUT2D eigenvalue weighted by Crippen LogP contribution is 2.26. The van der Waals surface area contributed by atoms with Crippen molar-refractivity contribution >= 4 is 27.3 Å². The predicted molar refractivity (Wildman–Crippen MR) is 113 cm³/mol. The molecule has 2 heterocycles. The van der Waals surface area contributed by atoms with Crippen LogP contribution in [-0.4, -0.2) is 51.2 Å². The molecule has 6 nitrogen and oxygen atoms in total. The van der Waals surface area contributed by atoms with Gasteiger partial charge < -0.3 is 10.2 Å². The molecule has 1 aromatic heterocycles. The first-order valence-corrected chi connectivity index (χ1v) is 12.3. The molecule has 0 aliphatic carbocycles. The summed E-state index contributed by atoms with van der Waals surface area (Å²) in [5, 5.41) is 5.19. The van der Waals surface area contributed by atoms with E-state index in [-0.39, 0.29) is 18.0 Å². The molecule has 2 aromatic rings. The Bertz CT molecular complexity index is 846. The molecule has 1 atom stereocenters. The van der Waals surface area contributed by atoms with E-state index in [0.29, 0.717) is 13.0 Å². The van der Waals surface area contributed by atoms with Crippen LogP contribution in [0.3, 0.4) is 0 Å². The number of sulfonamides is 1. The zero-order valence-corrected chi connectivity index (χ0v) is 17.6. The maximum absolute atomic E-state index is 12.6. The van der Waals surface area contributed by atoms with Gasteiger partial charge in [-0.1, -0.05) is 36.4 Å². The second-order valence-electron chi connectivity index (χ2n) is 7.18. The third kappa shape index (κ3) is 6.41. The Hall–Kier alpha value is -1.74. The Kier molecular flexibility index (Phi) is 7.23. The number of carbonyl (C=O) groups excluding carboxylic acids is 1. The molecule has 0 saturated carbocycles. The van der Waals surface area contributed by atoms with E-state index in [2.05, 4.69) is 14.9 Å². The third-order valence-electron chi connectivity index (χ3n) is 4.89. The standard InChI is InChI=1S/C20H27N3O3S2/c1-28(25,26)22-17-9-12-23(13-10-17)14-11-19(24)21-20(18-8-5-15-27-18)16-6-3-2-4-7-16/h2-8,15,17,20,22H,9-14H2,1H3,(H,21,24)/t20-/m0/s1. The van der Waals surface area contributed by atoms with E-state index in [4.69, 9.17) is 0 Å². The summed E-state index contributed by atoms with van der Waals surface area (Å²) in [6.45, 7) is 2.28. The molecule has 8 heteroatoms. The van der Waals surface area contributed by atoms with E-state index in [1.165, 1.54) is 6.26 Å². The minimum absolute atomic E-state index is 0.00126. The van der Waals surface area contributed by atoms with Gasteiger partial charge in [0.25, 0.3) is 0 Å². The molecular weight excluding hydrogens is 394 g/mol. The van der Waals surface area contributed by atoms with Gasteiger partial charge in [-0.3, -0.25) is 4.79 Å². The van der Waals surface area contributed by atoms with Crippen LogP contribution < -0.4 is 10.0 Å². The van der Waals surface area contributed by atoms with Crippen LogP contribution in [0.25, 0.3) is 0 Å². The van der Waals surface area contributed by atoms with E-state index < -0.39 is 10.0 Å². The second-order valence-corrected chi connectivity index (χ2v) is 9.94. The number of hydrogen-bond acceptors (Lipinski definition) is 5. The quantitative estimate of drug-likeness (QED) is 0.686. The van der Waals surface area contributed by atoms with Crippen LogP contribution in [0.4, 0.5) is 0 Å². The molecule has 0 bridgehead atoms. The second kappa shape index (κ2) is 9.65. The molecule has 0 unspecified atom stereocenters. The third-order valence-corrected chi connectivity index (χ3v) is 6.59. The molecule has 1 amide bonds. The number of piperidine rings is 1. The Morgan fingerprint density at radius 2 is 1.89 bits per heavy atom. The zero-order chi connectivity index (χ0) is 20.0. The van der Waals surface area contributed by atoms with Gasteiger partial charge in [0, 0.05) is 23.9 Å². The topological polar surface area (TPSA) is 78.5 Å². The summed E-state index contributed by atoms with van der Waals surface area (Å²) in [5.74, 6) is 0.0265. The first-order chi connectivity index (χ1) is 13.4. The molecule has 1 aliphatic rings. The number of likely N-dealkylation sites (tertiary alicyclic amines) is 1. The lowest BCUT2D eigenvalue weighted by atomic mass is 10.0. The van der Waals surface area contributed by atoms with Crippen LogP contribution >= 0.6 is 11.3 Å². The number of thiophene rings is 1. The van der Waals surface area contributed by atoms with Crippen LogP contribution in [0.2, 0.25) is 0 Å². The number of carbonyl (C=O) groups is 1. The van der Waals surface area contributed by atoms with Crippen LogP contribution in [-0.2, 0) is 14.8 Å². The van der Waals surface area contributed by atoms with Gasteiger partial charge >= 0.3 is 0 Å². The van der Waals surface area contributed by atoms with Crippen LogP contribution in [0.1, 0.15) is 35.7 Å². The number of hydrogen-bond donors (Lipinski definition) is 2. The van der Waals surface area contributed by atoms with Crippen molar-refractivity contribution in [3.05, 3.63) is 58.3 Å². The predicted octanol–water partition coefficient (Wildman–Crippen LogP) is 2.36. The average molecular weight is 422 g/mol. The van der Waals surface area contributed by atoms with E-state index in [0.717, 1.165) is 36.4 Å². The fraction of sp³-hybridized carbons (Fsp3) is 0.450. The summed E-state index contributed by atoms with van der Waals surface area (Å²) < 4.78 is 25.3. The van der Waals surface area contributed by atoms with Gasteiger partial charge in [-0.05, 0) is 42.9 Å². The van der Waals surface area contributed by atoms with Crippen molar-refractivity contribution in [2.24, 2.45) is 0 Å². The lowest BCUT2D eigenvalue weighted by Gasteiger charge is -2.31. The van der Waals surface area contributed by atoms with Crippen molar-refractivity contribution in [1.82, 2.24) is 14.9 Å². The van der Waals surface area contributed by atoms with Crippen molar-refractivity contribution < 1.29 is 13.2 Å². The van der Waals surface area contributed by atoms with Crippen molar-refractivity contribution in [2.45, 2.75) is 31.3 Å². The van der Waals surface area contributed by atoms with Crippen molar-refractivity contribution in [3.63, 3.8) is 0 Å². The fourth-order valence-corrected chi connectivity index (χ4v) is 5.13. The van der Waals surface area contributed by atoms with Crippen molar-refractivity contribution in [1.29, 1.82) is 0 Å². The summed E-state index contributed by atoms with van der Waals surface area (Å²) >= 11 is 1.64. The highest BCUT2D eigenvalue weighted by Gasteiger charge is 2.23. The molecule has 1 fully saturated rings. The van der Waals surface area contributed by atoms with Gasteiger partial charge in [0.1, 0.15) is 0 Å². The summed E-state index contributed by atoms with van der Waals surface area (Å²) in [5.41, 5.74) is 1.07. The monoisotopic (exact) mass is 421 g/mol. The molecule has 0 radical (unpaired) electrons. The van der Waals surface area contributed by atoms with Gasteiger partial charge in [0.15, 0.2) is 0 Å². The van der Waals surface area contributed by atoms with Gasteiger partial charge in [-0.2, -0.15) is 0 Å². The number of amides is 1. The molecular formula is C20H27N3O3S2. The first kappa shape index (κ1) is 21.0. The molecule has 2 N–H and O–H groups in total. The smallest absolute Gasteiger partial charge is 0.222 e. The molecule has 1 aromatic carbocycles. The Morgan fingerprint density at radius 3 is 2.50 bits per heavy atom. The maximum atomic E-state index is 12.6. The molecule has 28 heavy (non-hydrogen) atoms. The molecule has 1 aliphatic heterocycles. The fourth-order valence-electron chi connectivity index (χ4n) is 3.49. The highest BCUT2D eigenvalue weighted by atomic mass is 32.2. The van der Waals surface area contributed by atoms with Gasteiger partial charge in [-0.25, -0.2) is 13.1 Å². The van der Waals surface area contributed by atoms with Gasteiger partial charge in [-0.15, -0.1) is 11.3 Å². The lowest BCUT2D eigenvalue weighted by molar-refractivity contribution is -0.122. The Balaban J connectivity index is 1.49. The highest BCUT2D eigenvalue weighted by molar-refractivity contribution is 7.88. The number of benzene rings is 1. The Labute approximate surface area is 171 Å². The largest absolute Gasteiger partial charge is 0.344 e. The summed E-state index contributed by atoms with van der Waals surface area (Å²) in [6.07, 6.45) is 3.17. The van der Waals surface area contributed by atoms with E-state index >= 15 is 0 Å². The lowest BCUT2D eigenvalue weighted by Crippen LogP contribution is -2.45. The molecule has 1 saturated heterocycles. The maximum Gasteiger partial charge on any atom is 0.222 e. The van der Waals surface area contributed by atoms with Crippen LogP contribution in [0.15, 0.2) is 47.8 Å². The van der Waals surface area contributed by atoms with Gasteiger partial charge in [0.05, 0.1) is 12.3 Å². The molecule has 3 rings (SSSR count). The summed E-state index contributed by atoms with van der Waals surface area (Å²) in [4.78, 5) is 15.9. The molecule has 0 spiro atoms. The minimum Gasteiger partial charge on any atom is -0.344 e. The molecule has 152 valence electrons. The number of rotatable bonds is 8. The number of nitrogens with zero attached hydrogens (tertiary/aromatic N) is 1. The average Bonchev–Trinajstić information content (AvgIpc) is 3.19. The normalized spacial score (nSPS) is 17.3. The van der Waals surface area contributed by atoms with Gasteiger partial charge in [0.2, 0.25) is 15.9 Å². The van der Waals surface area contributed by atoms with E-state index in [9.17, 15) is 13.2 Å². The van der Waals surface area contributed by atoms with Crippen molar-refractivity contribution in [3.8, 4) is 0 Å². The summed E-state index contributed by atoms with van der Waals surface area (Å²) in [7, 11) is -3.16.